The fourth-order valence-corrected chi connectivity index (χ4v) is 2.50. The Morgan fingerprint density at radius 3 is 2.95 bits per heavy atom. The highest BCUT2D eigenvalue weighted by Crippen LogP contribution is 2.19. The Morgan fingerprint density at radius 1 is 1.58 bits per heavy atom. The highest BCUT2D eigenvalue weighted by Gasteiger charge is 2.29. The molecular formula is C13H23N3O2S. The number of unbranched alkanes of at least 4 members (excludes halogenated alkanes) is 1. The Morgan fingerprint density at radius 2 is 2.37 bits per heavy atom. The number of oxazole rings is 1. The fraction of sp³-hybridized carbons (Fsp3) is 0.692. The molecule has 0 aromatic carbocycles. The van der Waals surface area contributed by atoms with E-state index in [1.165, 1.54) is 0 Å². The molecule has 1 atom stereocenters. The molecule has 0 aliphatic rings. The SMILES string of the molecule is CCCNC(C)(CCCCSc1ncco1)C(N)=O. The first-order valence-corrected chi connectivity index (χ1v) is 7.64. The third-order valence-electron chi connectivity index (χ3n) is 3.02. The lowest BCUT2D eigenvalue weighted by Crippen LogP contribution is -2.53. The van der Waals surface area contributed by atoms with Gasteiger partial charge in [-0.05, 0) is 32.7 Å². The quantitative estimate of drug-likeness (QED) is 0.508. The van der Waals surface area contributed by atoms with Gasteiger partial charge in [-0.25, -0.2) is 4.98 Å². The van der Waals surface area contributed by atoms with Gasteiger partial charge in [-0.2, -0.15) is 0 Å². The number of carbonyl (C=O) groups is 1. The summed E-state index contributed by atoms with van der Waals surface area (Å²) in [5.74, 6) is 0.657. The van der Waals surface area contributed by atoms with Gasteiger partial charge in [-0.1, -0.05) is 25.1 Å². The first-order chi connectivity index (χ1) is 9.08. The zero-order valence-electron chi connectivity index (χ0n) is 11.6. The number of carbonyl (C=O) groups excluding carboxylic acids is 1. The smallest absolute Gasteiger partial charge is 0.255 e. The minimum absolute atomic E-state index is 0.277. The number of amides is 1. The van der Waals surface area contributed by atoms with E-state index in [-0.39, 0.29) is 5.91 Å². The van der Waals surface area contributed by atoms with E-state index in [9.17, 15) is 4.79 Å². The predicted molar refractivity (Wildman–Crippen MR) is 77.0 cm³/mol. The molecule has 0 fully saturated rings. The molecule has 1 aromatic heterocycles. The molecule has 1 unspecified atom stereocenters. The molecule has 1 aromatic rings. The Labute approximate surface area is 118 Å². The number of nitrogens with one attached hydrogen (secondary N) is 1. The van der Waals surface area contributed by atoms with Crippen LogP contribution in [0, 0.1) is 0 Å². The van der Waals surface area contributed by atoms with E-state index >= 15 is 0 Å². The maximum Gasteiger partial charge on any atom is 0.255 e. The lowest BCUT2D eigenvalue weighted by Gasteiger charge is -2.27. The number of hydrogen-bond acceptors (Lipinski definition) is 5. The Hall–Kier alpha value is -1.01. The molecule has 3 N–H and O–H groups in total. The summed E-state index contributed by atoms with van der Waals surface area (Å²) in [6.07, 6.45) is 6.91. The summed E-state index contributed by atoms with van der Waals surface area (Å²) in [6, 6.07) is 0. The van der Waals surface area contributed by atoms with Crippen molar-refractivity contribution in [2.75, 3.05) is 12.3 Å². The van der Waals surface area contributed by atoms with E-state index in [4.69, 9.17) is 10.2 Å². The number of nitrogens with zero attached hydrogens (tertiary/aromatic N) is 1. The van der Waals surface area contributed by atoms with Crippen molar-refractivity contribution in [3.8, 4) is 0 Å². The monoisotopic (exact) mass is 285 g/mol. The first-order valence-electron chi connectivity index (χ1n) is 6.65. The molecule has 1 heterocycles. The van der Waals surface area contributed by atoms with Crippen LogP contribution in [0.5, 0.6) is 0 Å². The van der Waals surface area contributed by atoms with Crippen LogP contribution in [0.1, 0.15) is 39.5 Å². The molecule has 0 bridgehead atoms. The zero-order chi connectivity index (χ0) is 14.1. The number of nitrogens with two attached hydrogens (primary N) is 1. The highest BCUT2D eigenvalue weighted by molar-refractivity contribution is 7.99. The Kier molecular flexibility index (Phi) is 6.94. The van der Waals surface area contributed by atoms with Crippen LogP contribution in [0.4, 0.5) is 0 Å². The summed E-state index contributed by atoms with van der Waals surface area (Å²) in [5, 5.41) is 3.93. The van der Waals surface area contributed by atoms with Crippen LogP contribution in [0.2, 0.25) is 0 Å². The summed E-state index contributed by atoms with van der Waals surface area (Å²) in [4.78, 5) is 15.5. The first kappa shape index (κ1) is 16.0. The summed E-state index contributed by atoms with van der Waals surface area (Å²) < 4.78 is 5.14. The van der Waals surface area contributed by atoms with Crippen molar-refractivity contribution in [1.29, 1.82) is 0 Å². The number of thioether (sulfide) groups is 1. The maximum atomic E-state index is 11.5. The second kappa shape index (κ2) is 8.22. The van der Waals surface area contributed by atoms with Crippen LogP contribution in [0.15, 0.2) is 22.1 Å². The Balaban J connectivity index is 2.22. The summed E-state index contributed by atoms with van der Waals surface area (Å²) in [5.41, 5.74) is 4.88. The van der Waals surface area contributed by atoms with Crippen molar-refractivity contribution >= 4 is 17.7 Å². The van der Waals surface area contributed by atoms with Crippen LogP contribution in [-0.4, -0.2) is 28.7 Å². The predicted octanol–water partition coefficient (Wildman–Crippen LogP) is 2.18. The fourth-order valence-electron chi connectivity index (χ4n) is 1.72. The third-order valence-corrected chi connectivity index (χ3v) is 3.96. The molecule has 0 saturated carbocycles. The van der Waals surface area contributed by atoms with Gasteiger partial charge in [0.1, 0.15) is 6.26 Å². The molecule has 0 spiro atoms. The topological polar surface area (TPSA) is 81.2 Å². The van der Waals surface area contributed by atoms with E-state index in [0.717, 1.165) is 38.0 Å². The average molecular weight is 285 g/mol. The van der Waals surface area contributed by atoms with Gasteiger partial charge in [-0.3, -0.25) is 4.79 Å². The van der Waals surface area contributed by atoms with Gasteiger partial charge >= 0.3 is 0 Å². The van der Waals surface area contributed by atoms with Crippen molar-refractivity contribution in [2.45, 2.75) is 50.3 Å². The van der Waals surface area contributed by atoms with E-state index < -0.39 is 5.54 Å². The summed E-state index contributed by atoms with van der Waals surface area (Å²) >= 11 is 1.59. The van der Waals surface area contributed by atoms with Crippen molar-refractivity contribution in [2.24, 2.45) is 5.73 Å². The normalized spacial score (nSPS) is 14.2. The molecule has 5 nitrogen and oxygen atoms in total. The van der Waals surface area contributed by atoms with Gasteiger partial charge < -0.3 is 15.5 Å². The third kappa shape index (κ3) is 5.65. The van der Waals surface area contributed by atoms with Crippen molar-refractivity contribution < 1.29 is 9.21 Å². The second-order valence-electron chi connectivity index (χ2n) is 4.73. The Bertz CT molecular complexity index is 370. The van der Waals surface area contributed by atoms with Gasteiger partial charge in [0, 0.05) is 5.75 Å². The highest BCUT2D eigenvalue weighted by atomic mass is 32.2. The molecule has 1 amide bonds. The van der Waals surface area contributed by atoms with Gasteiger partial charge in [0.05, 0.1) is 11.7 Å². The summed E-state index contributed by atoms with van der Waals surface area (Å²) in [7, 11) is 0. The lowest BCUT2D eigenvalue weighted by molar-refractivity contribution is -0.124. The molecule has 0 radical (unpaired) electrons. The van der Waals surface area contributed by atoms with Crippen LogP contribution in [0.25, 0.3) is 0 Å². The van der Waals surface area contributed by atoms with E-state index in [0.29, 0.717) is 5.22 Å². The van der Waals surface area contributed by atoms with Crippen molar-refractivity contribution in [3.63, 3.8) is 0 Å². The molecular weight excluding hydrogens is 262 g/mol. The molecule has 0 aliphatic carbocycles. The number of primary amides is 1. The molecule has 0 saturated heterocycles. The van der Waals surface area contributed by atoms with Crippen molar-refractivity contribution in [3.05, 3.63) is 12.5 Å². The molecule has 1 rings (SSSR count). The average Bonchev–Trinajstić information content (AvgIpc) is 2.89. The van der Waals surface area contributed by atoms with E-state index in [1.807, 2.05) is 6.92 Å². The van der Waals surface area contributed by atoms with Gasteiger partial charge in [0.15, 0.2) is 0 Å². The number of aromatic nitrogens is 1. The largest absolute Gasteiger partial charge is 0.440 e. The van der Waals surface area contributed by atoms with Crippen LogP contribution in [0.3, 0.4) is 0 Å². The van der Waals surface area contributed by atoms with E-state index in [2.05, 4.69) is 17.2 Å². The molecule has 19 heavy (non-hydrogen) atoms. The molecule has 0 aliphatic heterocycles. The minimum Gasteiger partial charge on any atom is -0.440 e. The van der Waals surface area contributed by atoms with Gasteiger partial charge in [0.25, 0.3) is 5.22 Å². The zero-order valence-corrected chi connectivity index (χ0v) is 12.5. The minimum atomic E-state index is -0.594. The lowest BCUT2D eigenvalue weighted by atomic mass is 9.94. The maximum absolute atomic E-state index is 11.5. The number of hydrogen-bond donors (Lipinski definition) is 2. The standard InChI is InChI=1S/C13H23N3O2S/c1-3-7-16-13(2,11(14)17)6-4-5-10-19-12-15-8-9-18-12/h8-9,16H,3-7,10H2,1-2H3,(H2,14,17). The number of rotatable bonds is 10. The van der Waals surface area contributed by atoms with Gasteiger partial charge in [-0.15, -0.1) is 0 Å². The van der Waals surface area contributed by atoms with Crippen LogP contribution < -0.4 is 11.1 Å². The summed E-state index contributed by atoms with van der Waals surface area (Å²) in [6.45, 7) is 4.76. The van der Waals surface area contributed by atoms with Crippen molar-refractivity contribution in [1.82, 2.24) is 10.3 Å². The van der Waals surface area contributed by atoms with Crippen LogP contribution >= 0.6 is 11.8 Å². The van der Waals surface area contributed by atoms with Gasteiger partial charge in [0.2, 0.25) is 5.91 Å². The van der Waals surface area contributed by atoms with Crippen LogP contribution in [-0.2, 0) is 4.79 Å². The molecule has 108 valence electrons. The van der Waals surface area contributed by atoms with E-state index in [1.54, 1.807) is 24.2 Å². The second-order valence-corrected chi connectivity index (χ2v) is 5.77. The molecule has 6 heteroatoms.